The molecule has 2 rings (SSSR count). The lowest BCUT2D eigenvalue weighted by atomic mass is 10.1. The molecule has 16 heavy (non-hydrogen) atoms. The molecule has 80 valence electrons. The fourth-order valence-electron chi connectivity index (χ4n) is 1.46. The zero-order chi connectivity index (χ0) is 11.4. The highest BCUT2D eigenvalue weighted by Gasteiger charge is 1.96. The Balaban J connectivity index is 2.30. The zero-order valence-corrected chi connectivity index (χ0v) is 9.91. The van der Waals surface area contributed by atoms with Crippen LogP contribution in [0.25, 0.3) is 11.1 Å². The van der Waals surface area contributed by atoms with Crippen molar-refractivity contribution in [3.63, 3.8) is 0 Å². The van der Waals surface area contributed by atoms with Gasteiger partial charge in [-0.25, -0.2) is 4.99 Å². The predicted octanol–water partition coefficient (Wildman–Crippen LogP) is 4.82. The quantitative estimate of drug-likeness (QED) is 0.677. The number of halogens is 2. The van der Waals surface area contributed by atoms with Gasteiger partial charge in [0.2, 0.25) is 0 Å². The Hall–Kier alpha value is -1.31. The van der Waals surface area contributed by atoms with E-state index in [2.05, 4.69) is 17.1 Å². The van der Waals surface area contributed by atoms with E-state index in [0.717, 1.165) is 11.3 Å². The van der Waals surface area contributed by atoms with Crippen molar-refractivity contribution < 1.29 is 0 Å². The van der Waals surface area contributed by atoms with Crippen molar-refractivity contribution in [2.24, 2.45) is 4.99 Å². The smallest absolute Gasteiger partial charge is 0.197 e. The number of hydrogen-bond acceptors (Lipinski definition) is 1. The van der Waals surface area contributed by atoms with Crippen LogP contribution in [0.1, 0.15) is 0 Å². The summed E-state index contributed by atoms with van der Waals surface area (Å²) in [5.41, 5.74) is 3.07. The summed E-state index contributed by atoms with van der Waals surface area (Å²) in [6, 6.07) is 17.9. The fourth-order valence-corrected chi connectivity index (χ4v) is 1.65. The molecule has 0 unspecified atom stereocenters. The summed E-state index contributed by atoms with van der Waals surface area (Å²) < 4.78 is 0.0208. The molecule has 0 bridgehead atoms. The van der Waals surface area contributed by atoms with Gasteiger partial charge < -0.3 is 0 Å². The maximum Gasteiger partial charge on any atom is 0.197 e. The lowest BCUT2D eigenvalue weighted by Crippen LogP contribution is -1.76. The minimum Gasteiger partial charge on any atom is -0.225 e. The van der Waals surface area contributed by atoms with Crippen LogP contribution in [0.3, 0.4) is 0 Å². The molecule has 0 N–H and O–H groups in total. The van der Waals surface area contributed by atoms with E-state index in [9.17, 15) is 0 Å². The number of benzene rings is 2. The average Bonchev–Trinajstić information content (AvgIpc) is 2.30. The Morgan fingerprint density at radius 2 is 1.31 bits per heavy atom. The first kappa shape index (κ1) is 11.2. The number of nitrogens with zero attached hydrogens (tertiary/aromatic N) is 1. The van der Waals surface area contributed by atoms with Crippen molar-refractivity contribution >= 4 is 33.5 Å². The lowest BCUT2D eigenvalue weighted by Gasteiger charge is -2.01. The van der Waals surface area contributed by atoms with Gasteiger partial charge in [-0.15, -0.1) is 0 Å². The molecule has 0 atom stereocenters. The molecule has 0 radical (unpaired) electrons. The van der Waals surface area contributed by atoms with E-state index in [0.29, 0.717) is 0 Å². The van der Waals surface area contributed by atoms with Gasteiger partial charge in [0, 0.05) is 0 Å². The molecule has 0 fully saturated rings. The number of aliphatic imine (C=N–C) groups is 1. The summed E-state index contributed by atoms with van der Waals surface area (Å²) in [6.45, 7) is 0. The van der Waals surface area contributed by atoms with Crippen LogP contribution in [0.5, 0.6) is 0 Å². The van der Waals surface area contributed by atoms with E-state index < -0.39 is 0 Å². The van der Waals surface area contributed by atoms with E-state index in [-0.39, 0.29) is 4.63 Å². The first-order valence-corrected chi connectivity index (χ1v) is 5.56. The maximum atomic E-state index is 5.48. The van der Waals surface area contributed by atoms with Gasteiger partial charge in [0.25, 0.3) is 0 Å². The summed E-state index contributed by atoms with van der Waals surface area (Å²) in [7, 11) is 0. The highest BCUT2D eigenvalue weighted by molar-refractivity contribution is 6.95. The number of hydrogen-bond donors (Lipinski definition) is 0. The molecule has 0 saturated heterocycles. The summed E-state index contributed by atoms with van der Waals surface area (Å²) >= 11 is 11.0. The highest BCUT2D eigenvalue weighted by atomic mass is 35.5. The van der Waals surface area contributed by atoms with E-state index in [4.69, 9.17) is 23.2 Å². The SMILES string of the molecule is ClC(Cl)=Nc1ccc(-c2ccccc2)cc1. The molecule has 0 aliphatic carbocycles. The summed E-state index contributed by atoms with van der Waals surface area (Å²) in [6.07, 6.45) is 0. The van der Waals surface area contributed by atoms with Crippen molar-refractivity contribution in [1.82, 2.24) is 0 Å². The van der Waals surface area contributed by atoms with Gasteiger partial charge in [0.1, 0.15) is 0 Å². The van der Waals surface area contributed by atoms with Gasteiger partial charge >= 0.3 is 0 Å². The first-order chi connectivity index (χ1) is 7.75. The van der Waals surface area contributed by atoms with Crippen LogP contribution in [0.4, 0.5) is 5.69 Å². The van der Waals surface area contributed by atoms with Gasteiger partial charge in [0.15, 0.2) is 4.63 Å². The van der Waals surface area contributed by atoms with E-state index in [1.807, 2.05) is 42.5 Å². The van der Waals surface area contributed by atoms with Crippen molar-refractivity contribution in [2.45, 2.75) is 0 Å². The lowest BCUT2D eigenvalue weighted by molar-refractivity contribution is 1.53. The van der Waals surface area contributed by atoms with E-state index in [1.54, 1.807) is 0 Å². The molecule has 2 aromatic carbocycles. The maximum absolute atomic E-state index is 5.48. The Kier molecular flexibility index (Phi) is 3.60. The van der Waals surface area contributed by atoms with Gasteiger partial charge in [-0.3, -0.25) is 0 Å². The number of rotatable bonds is 2. The van der Waals surface area contributed by atoms with Crippen molar-refractivity contribution in [3.05, 3.63) is 54.6 Å². The molecule has 0 amide bonds. The Morgan fingerprint density at radius 1 is 0.750 bits per heavy atom. The third-order valence-corrected chi connectivity index (χ3v) is 2.36. The molecule has 3 heteroatoms. The Morgan fingerprint density at radius 3 is 1.88 bits per heavy atom. The van der Waals surface area contributed by atoms with E-state index >= 15 is 0 Å². The van der Waals surface area contributed by atoms with Crippen LogP contribution >= 0.6 is 23.2 Å². The van der Waals surface area contributed by atoms with Crippen LogP contribution in [0.15, 0.2) is 59.6 Å². The normalized spacial score (nSPS) is 9.88. The molecule has 2 aromatic rings. The molecule has 0 aliphatic heterocycles. The van der Waals surface area contributed by atoms with Crippen molar-refractivity contribution in [2.75, 3.05) is 0 Å². The summed E-state index contributed by atoms with van der Waals surface area (Å²) in [5, 5.41) is 0. The fraction of sp³-hybridized carbons (Fsp3) is 0. The standard InChI is InChI=1S/C13H9Cl2N/c14-13(15)16-12-8-6-11(7-9-12)10-4-2-1-3-5-10/h1-9H. The third-order valence-electron chi connectivity index (χ3n) is 2.19. The molecular formula is C13H9Cl2N. The topological polar surface area (TPSA) is 12.4 Å². The molecule has 1 nitrogen and oxygen atoms in total. The van der Waals surface area contributed by atoms with Gasteiger partial charge in [-0.2, -0.15) is 0 Å². The Bertz CT molecular complexity index is 485. The molecule has 0 heterocycles. The average molecular weight is 250 g/mol. The second kappa shape index (κ2) is 5.15. The minimum absolute atomic E-state index is 0.0208. The third kappa shape index (κ3) is 2.84. The Labute approximate surface area is 104 Å². The summed E-state index contributed by atoms with van der Waals surface area (Å²) in [4.78, 5) is 3.94. The first-order valence-electron chi connectivity index (χ1n) is 4.81. The molecule has 0 saturated carbocycles. The summed E-state index contributed by atoms with van der Waals surface area (Å²) in [5.74, 6) is 0. The van der Waals surface area contributed by atoms with Crippen LogP contribution in [0, 0.1) is 0 Å². The molecule has 0 aromatic heterocycles. The largest absolute Gasteiger partial charge is 0.225 e. The van der Waals surface area contributed by atoms with Crippen LogP contribution < -0.4 is 0 Å². The second-order valence-corrected chi connectivity index (χ2v) is 4.17. The van der Waals surface area contributed by atoms with Gasteiger partial charge in [-0.05, 0) is 46.5 Å². The van der Waals surface area contributed by atoms with E-state index in [1.165, 1.54) is 5.56 Å². The predicted molar refractivity (Wildman–Crippen MR) is 70.7 cm³/mol. The second-order valence-electron chi connectivity index (χ2n) is 3.27. The van der Waals surface area contributed by atoms with Crippen molar-refractivity contribution in [3.8, 4) is 11.1 Å². The van der Waals surface area contributed by atoms with Crippen molar-refractivity contribution in [1.29, 1.82) is 0 Å². The molecular weight excluding hydrogens is 241 g/mol. The van der Waals surface area contributed by atoms with Crippen LogP contribution in [-0.2, 0) is 0 Å². The molecule has 0 spiro atoms. The van der Waals surface area contributed by atoms with Crippen LogP contribution in [-0.4, -0.2) is 4.63 Å². The monoisotopic (exact) mass is 249 g/mol. The molecule has 0 aliphatic rings. The van der Waals surface area contributed by atoms with Gasteiger partial charge in [0.05, 0.1) is 5.69 Å². The minimum atomic E-state index is 0.0208. The highest BCUT2D eigenvalue weighted by Crippen LogP contribution is 2.22. The van der Waals surface area contributed by atoms with Crippen LogP contribution in [0.2, 0.25) is 0 Å². The van der Waals surface area contributed by atoms with Gasteiger partial charge in [-0.1, -0.05) is 42.5 Å². The zero-order valence-electron chi connectivity index (χ0n) is 8.40.